The molecular weight excluding hydrogens is 631 g/mol. The molecule has 0 aliphatic heterocycles. The molecule has 0 saturated carbocycles. The zero-order valence-corrected chi connectivity index (χ0v) is 27.6. The van der Waals surface area contributed by atoms with E-state index in [4.69, 9.17) is 8.60 Å². The van der Waals surface area contributed by atoms with Crippen molar-refractivity contribution in [1.29, 1.82) is 0 Å². The monoisotopic (exact) mass is 661 g/mol. The van der Waals surface area contributed by atoms with Crippen LogP contribution in [-0.4, -0.2) is 13.0 Å². The van der Waals surface area contributed by atoms with E-state index in [0.717, 1.165) is 44.2 Å². The maximum absolute atomic E-state index is 14.2. The fourth-order valence-corrected chi connectivity index (χ4v) is 8.12. The first-order chi connectivity index (χ1) is 23.8. The highest BCUT2D eigenvalue weighted by atomic mass is 32.2. The molecule has 240 valence electrons. The van der Waals surface area contributed by atoms with Crippen molar-refractivity contribution >= 4 is 42.6 Å². The molecule has 0 fully saturated rings. The number of benzene rings is 6. The molecule has 0 N–H and O–H groups in total. The second-order valence-corrected chi connectivity index (χ2v) is 13.7. The smallest absolute Gasteiger partial charge is 0.346 e. The molecule has 2 heterocycles. The minimum absolute atomic E-state index is 0.0206. The van der Waals surface area contributed by atoms with Gasteiger partial charge in [-0.2, -0.15) is 8.42 Å². The Morgan fingerprint density at radius 3 is 1.92 bits per heavy atom. The number of hydrogen-bond acceptors (Lipinski definition) is 5. The van der Waals surface area contributed by atoms with Crippen LogP contribution in [0.3, 0.4) is 0 Å². The molecule has 2 aromatic heterocycles. The lowest BCUT2D eigenvalue weighted by Crippen LogP contribution is -2.14. The van der Waals surface area contributed by atoms with E-state index in [1.165, 1.54) is 6.07 Å². The molecule has 0 bridgehead atoms. The van der Waals surface area contributed by atoms with E-state index >= 15 is 0 Å². The molecule has 8 aromatic rings. The van der Waals surface area contributed by atoms with Gasteiger partial charge >= 0.3 is 21.7 Å². The summed E-state index contributed by atoms with van der Waals surface area (Å²) in [4.78, 5) is 13.5. The van der Waals surface area contributed by atoms with Gasteiger partial charge in [0.05, 0.1) is 10.9 Å². The summed E-state index contributed by atoms with van der Waals surface area (Å²) in [5, 5.41) is 2.97. The Morgan fingerprint density at radius 1 is 0.633 bits per heavy atom. The lowest BCUT2D eigenvalue weighted by atomic mass is 9.84. The molecule has 0 aliphatic rings. The highest BCUT2D eigenvalue weighted by molar-refractivity contribution is 7.87. The van der Waals surface area contributed by atoms with Crippen LogP contribution in [0.5, 0.6) is 5.95 Å². The molecule has 0 spiro atoms. The number of fused-ring (bicyclic) bond motifs is 3. The predicted octanol–water partition coefficient (Wildman–Crippen LogP) is 9.36. The Labute approximate surface area is 283 Å². The molecule has 0 aliphatic carbocycles. The quantitative estimate of drug-likeness (QED) is 0.159. The maximum Gasteiger partial charge on any atom is 0.346 e. The van der Waals surface area contributed by atoms with Gasteiger partial charge in [0, 0.05) is 45.9 Å². The van der Waals surface area contributed by atoms with Crippen molar-refractivity contribution in [3.05, 3.63) is 178 Å². The minimum Gasteiger partial charge on any atom is -0.388 e. The fraction of sp³-hybridized carbons (Fsp3) is 0.0714. The first-order valence-corrected chi connectivity index (χ1v) is 17.4. The molecule has 6 nitrogen and oxygen atoms in total. The van der Waals surface area contributed by atoms with Crippen LogP contribution in [0, 0.1) is 6.92 Å². The summed E-state index contributed by atoms with van der Waals surface area (Å²) in [5.74, 6) is -0.657. The first kappa shape index (κ1) is 30.4. The van der Waals surface area contributed by atoms with Crippen LogP contribution in [0.1, 0.15) is 28.3 Å². The van der Waals surface area contributed by atoms with Gasteiger partial charge < -0.3 is 13.2 Å². The van der Waals surface area contributed by atoms with E-state index < -0.39 is 15.7 Å². The molecule has 0 atom stereocenters. The van der Waals surface area contributed by atoms with Gasteiger partial charge in [-0.05, 0) is 47.7 Å². The van der Waals surface area contributed by atoms with Gasteiger partial charge in [-0.1, -0.05) is 127 Å². The van der Waals surface area contributed by atoms with Crippen LogP contribution in [0.15, 0.2) is 160 Å². The Bertz CT molecular complexity index is 2650. The standard InChI is InChI=1S/C42H31NO5S/c1-27-24-25-35-34(26-27)38(40(43(35)2)37(29-15-5-3-6-16-29)30-17-7-4-8-18-30)39-32-21-11-12-22-33(32)41(44)47-42(39)48-49(45,46)36-23-13-19-28-14-9-10-20-31(28)36/h3-26,37H,1-2H3. The third-order valence-electron chi connectivity index (χ3n) is 9.20. The SMILES string of the molecule is Cc1ccc2c(c1)c(-c1c(OS(=O)(=O)c3cccc4ccccc34)oc(=O)c3ccccc13)c(C(c1ccccc1)c1ccccc1)n2C. The van der Waals surface area contributed by atoms with E-state index in [0.29, 0.717) is 21.7 Å². The van der Waals surface area contributed by atoms with Gasteiger partial charge in [0.25, 0.3) is 0 Å². The van der Waals surface area contributed by atoms with Crippen molar-refractivity contribution in [2.24, 2.45) is 7.05 Å². The molecule has 0 radical (unpaired) electrons. The Balaban J connectivity index is 1.49. The molecular formula is C42H31NO5S. The highest BCUT2D eigenvalue weighted by Gasteiger charge is 2.33. The van der Waals surface area contributed by atoms with Gasteiger partial charge in [0.15, 0.2) is 0 Å². The van der Waals surface area contributed by atoms with Gasteiger partial charge in [-0.15, -0.1) is 0 Å². The normalized spacial score (nSPS) is 11.9. The lowest BCUT2D eigenvalue weighted by Gasteiger charge is -2.23. The van der Waals surface area contributed by atoms with Crippen LogP contribution in [0.25, 0.3) is 43.6 Å². The number of aromatic nitrogens is 1. The molecule has 0 unspecified atom stereocenters. The summed E-state index contributed by atoms with van der Waals surface area (Å²) in [6.45, 7) is 2.02. The highest BCUT2D eigenvalue weighted by Crippen LogP contribution is 2.48. The third kappa shape index (κ3) is 5.19. The van der Waals surface area contributed by atoms with Crippen molar-refractivity contribution < 1.29 is 17.0 Å². The van der Waals surface area contributed by atoms with Crippen LogP contribution in [-0.2, 0) is 17.2 Å². The number of nitrogens with zero attached hydrogens (tertiary/aromatic N) is 1. The van der Waals surface area contributed by atoms with E-state index in [1.54, 1.807) is 30.3 Å². The third-order valence-corrected chi connectivity index (χ3v) is 10.5. The Morgan fingerprint density at radius 2 is 1.22 bits per heavy atom. The first-order valence-electron chi connectivity index (χ1n) is 16.0. The second-order valence-electron chi connectivity index (χ2n) is 12.2. The topological polar surface area (TPSA) is 78.5 Å². The average molecular weight is 662 g/mol. The summed E-state index contributed by atoms with van der Waals surface area (Å²) in [6.07, 6.45) is 0. The Kier molecular flexibility index (Phi) is 7.42. The molecule has 0 amide bonds. The summed E-state index contributed by atoms with van der Waals surface area (Å²) >= 11 is 0. The zero-order chi connectivity index (χ0) is 33.7. The number of hydrogen-bond donors (Lipinski definition) is 0. The van der Waals surface area contributed by atoms with Crippen LogP contribution >= 0.6 is 0 Å². The Hall–Kier alpha value is -5.92. The second kappa shape index (κ2) is 12.0. The van der Waals surface area contributed by atoms with Crippen molar-refractivity contribution in [3.8, 4) is 17.1 Å². The number of rotatable bonds is 7. The van der Waals surface area contributed by atoms with Gasteiger partial charge in [-0.3, -0.25) is 0 Å². The summed E-state index contributed by atoms with van der Waals surface area (Å²) in [5.41, 5.74) is 5.37. The largest absolute Gasteiger partial charge is 0.388 e. The fourth-order valence-electron chi connectivity index (χ4n) is 7.01. The summed E-state index contributed by atoms with van der Waals surface area (Å²) in [6, 6.07) is 45.9. The van der Waals surface area contributed by atoms with Gasteiger partial charge in [0.2, 0.25) is 0 Å². The predicted molar refractivity (Wildman–Crippen MR) is 195 cm³/mol. The minimum atomic E-state index is -4.49. The van der Waals surface area contributed by atoms with E-state index in [2.05, 4.69) is 47.0 Å². The van der Waals surface area contributed by atoms with Crippen LogP contribution in [0.2, 0.25) is 0 Å². The average Bonchev–Trinajstić information content (AvgIpc) is 3.39. The van der Waals surface area contributed by atoms with Crippen LogP contribution < -0.4 is 9.81 Å². The zero-order valence-electron chi connectivity index (χ0n) is 26.8. The molecule has 49 heavy (non-hydrogen) atoms. The van der Waals surface area contributed by atoms with Crippen molar-refractivity contribution in [1.82, 2.24) is 4.57 Å². The molecule has 7 heteroatoms. The van der Waals surface area contributed by atoms with Crippen molar-refractivity contribution in [2.45, 2.75) is 17.7 Å². The lowest BCUT2D eigenvalue weighted by molar-refractivity contribution is 0.364. The summed E-state index contributed by atoms with van der Waals surface area (Å²) < 4.78 is 42.5. The van der Waals surface area contributed by atoms with Crippen LogP contribution in [0.4, 0.5) is 0 Å². The number of aryl methyl sites for hydroxylation is 2. The van der Waals surface area contributed by atoms with E-state index in [-0.39, 0.29) is 16.8 Å². The molecule has 6 aromatic carbocycles. The van der Waals surface area contributed by atoms with Gasteiger partial charge in [0.1, 0.15) is 4.90 Å². The van der Waals surface area contributed by atoms with E-state index in [9.17, 15) is 13.2 Å². The van der Waals surface area contributed by atoms with Crippen molar-refractivity contribution in [2.75, 3.05) is 0 Å². The maximum atomic E-state index is 14.2. The van der Waals surface area contributed by atoms with E-state index in [1.807, 2.05) is 80.7 Å². The summed E-state index contributed by atoms with van der Waals surface area (Å²) in [7, 11) is -2.47. The molecule has 0 saturated heterocycles. The van der Waals surface area contributed by atoms with Crippen molar-refractivity contribution in [3.63, 3.8) is 0 Å². The molecule has 8 rings (SSSR count). The van der Waals surface area contributed by atoms with Gasteiger partial charge in [-0.25, -0.2) is 4.79 Å².